The zero-order chi connectivity index (χ0) is 14.8. The quantitative estimate of drug-likeness (QED) is 0.452. The van der Waals surface area contributed by atoms with Crippen LogP contribution in [-0.4, -0.2) is 34.3 Å². The SMILES string of the molecule is CCc1nn(C)c(S(=O)(=O)C(C)CCCl)c1[N+](=O)[O-]. The Labute approximate surface area is 116 Å². The first-order chi connectivity index (χ1) is 8.77. The first-order valence-electron chi connectivity index (χ1n) is 5.77. The van der Waals surface area contributed by atoms with E-state index in [9.17, 15) is 18.5 Å². The third kappa shape index (κ3) is 2.89. The van der Waals surface area contributed by atoms with Crippen molar-refractivity contribution in [3.8, 4) is 0 Å². The smallest absolute Gasteiger partial charge is 0.258 e. The van der Waals surface area contributed by atoms with Gasteiger partial charge in [-0.1, -0.05) is 6.92 Å². The van der Waals surface area contributed by atoms with Crippen LogP contribution in [0.2, 0.25) is 0 Å². The number of hydrogen-bond acceptors (Lipinski definition) is 5. The van der Waals surface area contributed by atoms with E-state index >= 15 is 0 Å². The number of halogens is 1. The van der Waals surface area contributed by atoms with Crippen molar-refractivity contribution >= 4 is 27.1 Å². The highest BCUT2D eigenvalue weighted by Crippen LogP contribution is 2.31. The van der Waals surface area contributed by atoms with E-state index in [4.69, 9.17) is 11.6 Å². The minimum absolute atomic E-state index is 0.171. The Bertz CT molecular complexity index is 582. The number of aromatic nitrogens is 2. The van der Waals surface area contributed by atoms with Crippen molar-refractivity contribution < 1.29 is 13.3 Å². The molecule has 7 nitrogen and oxygen atoms in total. The van der Waals surface area contributed by atoms with Gasteiger partial charge < -0.3 is 0 Å². The van der Waals surface area contributed by atoms with Crippen LogP contribution in [0, 0.1) is 10.1 Å². The van der Waals surface area contributed by atoms with Crippen LogP contribution >= 0.6 is 11.6 Å². The summed E-state index contributed by atoms with van der Waals surface area (Å²) in [5.74, 6) is 0.173. The molecule has 19 heavy (non-hydrogen) atoms. The van der Waals surface area contributed by atoms with Gasteiger partial charge in [0.2, 0.25) is 14.9 Å². The molecule has 108 valence electrons. The van der Waals surface area contributed by atoms with Gasteiger partial charge in [0.05, 0.1) is 10.2 Å². The van der Waals surface area contributed by atoms with Crippen molar-refractivity contribution in [2.24, 2.45) is 7.05 Å². The molecule has 1 rings (SSSR count). The van der Waals surface area contributed by atoms with E-state index in [1.165, 1.54) is 14.0 Å². The molecule has 1 atom stereocenters. The average Bonchev–Trinajstić information content (AvgIpc) is 2.67. The molecular formula is C10H16ClN3O4S. The fraction of sp³-hybridized carbons (Fsp3) is 0.700. The van der Waals surface area contributed by atoms with Gasteiger partial charge in [-0.05, 0) is 19.8 Å². The van der Waals surface area contributed by atoms with Crippen molar-refractivity contribution in [2.75, 3.05) is 5.88 Å². The maximum Gasteiger partial charge on any atom is 0.329 e. The van der Waals surface area contributed by atoms with Crippen LogP contribution in [0.5, 0.6) is 0 Å². The summed E-state index contributed by atoms with van der Waals surface area (Å²) in [4.78, 5) is 10.4. The first kappa shape index (κ1) is 15.9. The van der Waals surface area contributed by atoms with E-state index in [0.29, 0.717) is 6.42 Å². The molecule has 1 aromatic rings. The van der Waals surface area contributed by atoms with E-state index < -0.39 is 25.7 Å². The largest absolute Gasteiger partial charge is 0.329 e. The third-order valence-electron chi connectivity index (χ3n) is 2.87. The van der Waals surface area contributed by atoms with Crippen molar-refractivity contribution in [3.05, 3.63) is 15.8 Å². The summed E-state index contributed by atoms with van der Waals surface area (Å²) in [6.45, 7) is 3.17. The monoisotopic (exact) mass is 309 g/mol. The number of nitro groups is 1. The van der Waals surface area contributed by atoms with Crippen LogP contribution in [0.15, 0.2) is 5.03 Å². The summed E-state index contributed by atoms with van der Waals surface area (Å²) < 4.78 is 25.8. The van der Waals surface area contributed by atoms with Crippen LogP contribution in [0.1, 0.15) is 26.0 Å². The minimum Gasteiger partial charge on any atom is -0.258 e. The maximum atomic E-state index is 12.4. The van der Waals surface area contributed by atoms with E-state index in [0.717, 1.165) is 4.68 Å². The average molecular weight is 310 g/mol. The van der Waals surface area contributed by atoms with E-state index in [-0.39, 0.29) is 23.0 Å². The molecule has 0 spiro atoms. The molecule has 0 saturated heterocycles. The van der Waals surface area contributed by atoms with Crippen LogP contribution < -0.4 is 0 Å². The Hall–Kier alpha value is -1.15. The van der Waals surface area contributed by atoms with E-state index in [1.807, 2.05) is 0 Å². The fourth-order valence-corrected chi connectivity index (χ4v) is 3.93. The van der Waals surface area contributed by atoms with Crippen molar-refractivity contribution in [3.63, 3.8) is 0 Å². The van der Waals surface area contributed by atoms with E-state index in [2.05, 4.69) is 5.10 Å². The van der Waals surface area contributed by atoms with Crippen LogP contribution in [0.3, 0.4) is 0 Å². The van der Waals surface area contributed by atoms with Gasteiger partial charge in [-0.2, -0.15) is 5.10 Å². The van der Waals surface area contributed by atoms with Crippen LogP contribution in [0.25, 0.3) is 0 Å². The standard InChI is InChI=1S/C10H16ClN3O4S/c1-4-8-9(14(15)16)10(13(3)12-8)19(17,18)7(2)5-6-11/h7H,4-6H2,1-3H3. The molecule has 0 amide bonds. The molecule has 0 N–H and O–H groups in total. The lowest BCUT2D eigenvalue weighted by Crippen LogP contribution is -2.22. The summed E-state index contributed by atoms with van der Waals surface area (Å²) >= 11 is 5.54. The Morgan fingerprint density at radius 3 is 2.53 bits per heavy atom. The summed E-state index contributed by atoms with van der Waals surface area (Å²) in [6.07, 6.45) is 0.525. The molecule has 0 saturated carbocycles. The van der Waals surface area contributed by atoms with Crippen LogP contribution in [0.4, 0.5) is 5.69 Å². The highest BCUT2D eigenvalue weighted by atomic mass is 35.5. The molecule has 9 heteroatoms. The number of nitrogens with zero attached hydrogens (tertiary/aromatic N) is 3. The molecule has 0 fully saturated rings. The molecule has 0 bridgehead atoms. The Balaban J connectivity index is 3.50. The minimum atomic E-state index is -3.82. The van der Waals surface area contributed by atoms with Gasteiger partial charge in [-0.15, -0.1) is 11.6 Å². The maximum absolute atomic E-state index is 12.4. The number of hydrogen-bond donors (Lipinski definition) is 0. The molecule has 1 aromatic heterocycles. The summed E-state index contributed by atoms with van der Waals surface area (Å²) in [7, 11) is -2.43. The van der Waals surface area contributed by atoms with Crippen molar-refractivity contribution in [1.29, 1.82) is 0 Å². The lowest BCUT2D eigenvalue weighted by molar-refractivity contribution is -0.388. The fourth-order valence-electron chi connectivity index (χ4n) is 1.79. The lowest BCUT2D eigenvalue weighted by atomic mass is 10.3. The highest BCUT2D eigenvalue weighted by Gasteiger charge is 2.37. The summed E-state index contributed by atoms with van der Waals surface area (Å²) in [5.41, 5.74) is -0.254. The predicted molar refractivity (Wildman–Crippen MR) is 71.2 cm³/mol. The second-order valence-electron chi connectivity index (χ2n) is 4.17. The molecule has 1 unspecified atom stereocenters. The van der Waals surface area contributed by atoms with Gasteiger partial charge in [0.15, 0.2) is 0 Å². The number of aryl methyl sites for hydroxylation is 2. The van der Waals surface area contributed by atoms with Gasteiger partial charge in [0, 0.05) is 12.9 Å². The van der Waals surface area contributed by atoms with Gasteiger partial charge in [0.1, 0.15) is 5.69 Å². The lowest BCUT2D eigenvalue weighted by Gasteiger charge is -2.10. The Kier molecular flexibility index (Phi) is 4.92. The van der Waals surface area contributed by atoms with Gasteiger partial charge in [-0.25, -0.2) is 8.42 Å². The molecule has 0 aliphatic rings. The normalized spacial score (nSPS) is 13.5. The summed E-state index contributed by atoms with van der Waals surface area (Å²) in [5, 5.41) is 13.9. The van der Waals surface area contributed by atoms with E-state index in [1.54, 1.807) is 6.92 Å². The first-order valence-corrected chi connectivity index (χ1v) is 7.85. The third-order valence-corrected chi connectivity index (χ3v) is 5.38. The molecule has 0 aromatic carbocycles. The van der Waals surface area contributed by atoms with Gasteiger partial charge in [0.25, 0.3) is 0 Å². The second-order valence-corrected chi connectivity index (χ2v) is 6.83. The molecule has 1 heterocycles. The Morgan fingerprint density at radius 2 is 2.11 bits per heavy atom. The highest BCUT2D eigenvalue weighted by molar-refractivity contribution is 7.92. The van der Waals surface area contributed by atoms with Crippen molar-refractivity contribution in [1.82, 2.24) is 9.78 Å². The van der Waals surface area contributed by atoms with Gasteiger partial charge >= 0.3 is 5.69 Å². The second kappa shape index (κ2) is 5.87. The van der Waals surface area contributed by atoms with Crippen molar-refractivity contribution in [2.45, 2.75) is 37.0 Å². The number of rotatable bonds is 6. The zero-order valence-electron chi connectivity index (χ0n) is 11.0. The molecular weight excluding hydrogens is 294 g/mol. The number of sulfone groups is 1. The molecule has 0 aliphatic heterocycles. The van der Waals surface area contributed by atoms with Gasteiger partial charge in [-0.3, -0.25) is 14.8 Å². The number of alkyl halides is 1. The molecule has 0 aliphatic carbocycles. The zero-order valence-corrected chi connectivity index (χ0v) is 12.5. The van der Waals surface area contributed by atoms with Crippen LogP contribution in [-0.2, 0) is 23.3 Å². The summed E-state index contributed by atoms with van der Waals surface area (Å²) in [6, 6.07) is 0. The predicted octanol–water partition coefficient (Wildman–Crippen LogP) is 1.68. The topological polar surface area (TPSA) is 95.1 Å². The Morgan fingerprint density at radius 1 is 1.53 bits per heavy atom. The molecule has 0 radical (unpaired) electrons.